The predicted molar refractivity (Wildman–Crippen MR) is 84.2 cm³/mol. The lowest BCUT2D eigenvalue weighted by atomic mass is 10.1. The van der Waals surface area contributed by atoms with E-state index >= 15 is 0 Å². The second-order valence-electron chi connectivity index (χ2n) is 4.68. The van der Waals surface area contributed by atoms with Gasteiger partial charge in [0, 0.05) is 31.4 Å². The number of hydrogen-bond donors (Lipinski definition) is 3. The molecule has 0 fully saturated rings. The van der Waals surface area contributed by atoms with Crippen LogP contribution in [0, 0.1) is 0 Å². The van der Waals surface area contributed by atoms with E-state index in [0.717, 1.165) is 24.1 Å². The molecule has 0 bridgehead atoms. The van der Waals surface area contributed by atoms with E-state index in [1.54, 1.807) is 18.3 Å². The molecule has 2 aromatic rings. The van der Waals surface area contributed by atoms with Gasteiger partial charge in [0.25, 0.3) is 0 Å². The summed E-state index contributed by atoms with van der Waals surface area (Å²) in [6, 6.07) is 13.0. The highest BCUT2D eigenvalue weighted by molar-refractivity contribution is 5.77. The summed E-state index contributed by atoms with van der Waals surface area (Å²) >= 11 is 0. The number of benzene rings is 1. The molecule has 21 heavy (non-hydrogen) atoms. The molecule has 0 aliphatic heterocycles. The Morgan fingerprint density at radius 1 is 1.19 bits per heavy atom. The third-order valence-corrected chi connectivity index (χ3v) is 3.01. The number of aliphatic imine (C=N–C) groups is 1. The van der Waals surface area contributed by atoms with Crippen LogP contribution in [-0.4, -0.2) is 29.1 Å². The molecule has 0 radical (unpaired) electrons. The van der Waals surface area contributed by atoms with E-state index in [4.69, 9.17) is 5.73 Å². The lowest BCUT2D eigenvalue weighted by Gasteiger charge is -2.06. The lowest BCUT2D eigenvalue weighted by Crippen LogP contribution is -2.33. The van der Waals surface area contributed by atoms with Crippen molar-refractivity contribution >= 4 is 5.96 Å². The molecule has 1 aromatic carbocycles. The Hall–Kier alpha value is -2.56. The lowest BCUT2D eigenvalue weighted by molar-refractivity contribution is 0.474. The summed E-state index contributed by atoms with van der Waals surface area (Å²) in [6.45, 7) is 1.30. The summed E-state index contributed by atoms with van der Waals surface area (Å²) in [5.74, 6) is 0.718. The number of phenols is 1. The van der Waals surface area contributed by atoms with Crippen molar-refractivity contribution < 1.29 is 5.11 Å². The van der Waals surface area contributed by atoms with Gasteiger partial charge in [0.15, 0.2) is 5.96 Å². The Kier molecular flexibility index (Phi) is 5.58. The first-order valence-corrected chi connectivity index (χ1v) is 6.95. The molecular weight excluding hydrogens is 264 g/mol. The van der Waals surface area contributed by atoms with Gasteiger partial charge in [-0.3, -0.25) is 9.98 Å². The summed E-state index contributed by atoms with van der Waals surface area (Å²) < 4.78 is 0. The van der Waals surface area contributed by atoms with Crippen molar-refractivity contribution in [2.75, 3.05) is 13.1 Å². The molecule has 1 heterocycles. The van der Waals surface area contributed by atoms with E-state index in [1.807, 2.05) is 30.3 Å². The molecule has 0 aliphatic rings. The summed E-state index contributed by atoms with van der Waals surface area (Å²) in [7, 11) is 0. The summed E-state index contributed by atoms with van der Waals surface area (Å²) in [4.78, 5) is 8.49. The van der Waals surface area contributed by atoms with Gasteiger partial charge in [-0.25, -0.2) is 0 Å². The van der Waals surface area contributed by atoms with Crippen LogP contribution in [0.3, 0.4) is 0 Å². The molecule has 5 heteroatoms. The molecule has 0 spiro atoms. The quantitative estimate of drug-likeness (QED) is 0.554. The SMILES string of the molecule is NC(=NCCc1ccccn1)NCCc1cccc(O)c1. The van der Waals surface area contributed by atoms with E-state index in [0.29, 0.717) is 19.0 Å². The number of nitrogens with one attached hydrogen (secondary N) is 1. The maximum atomic E-state index is 9.37. The molecule has 1 aromatic heterocycles. The number of hydrogen-bond acceptors (Lipinski definition) is 3. The molecule has 0 saturated heterocycles. The average molecular weight is 284 g/mol. The fourth-order valence-corrected chi connectivity index (χ4v) is 1.94. The van der Waals surface area contributed by atoms with Crippen LogP contribution in [0.5, 0.6) is 5.75 Å². The van der Waals surface area contributed by atoms with Crippen LogP contribution in [0.25, 0.3) is 0 Å². The minimum atomic E-state index is 0.282. The highest BCUT2D eigenvalue weighted by atomic mass is 16.3. The van der Waals surface area contributed by atoms with E-state index in [1.165, 1.54) is 0 Å². The standard InChI is InChI=1S/C16H20N4O/c17-16(20-11-8-14-5-1-2-9-18-14)19-10-7-13-4-3-6-15(21)12-13/h1-6,9,12,21H,7-8,10-11H2,(H3,17,19,20). The zero-order valence-corrected chi connectivity index (χ0v) is 11.9. The Morgan fingerprint density at radius 2 is 2.10 bits per heavy atom. The maximum Gasteiger partial charge on any atom is 0.188 e. The molecule has 0 amide bonds. The van der Waals surface area contributed by atoms with Gasteiger partial charge in [-0.05, 0) is 36.2 Å². The second kappa shape index (κ2) is 7.89. The third kappa shape index (κ3) is 5.52. The number of pyridine rings is 1. The molecule has 2 rings (SSSR count). The molecule has 110 valence electrons. The van der Waals surface area contributed by atoms with Crippen molar-refractivity contribution in [3.05, 3.63) is 59.9 Å². The van der Waals surface area contributed by atoms with Crippen molar-refractivity contribution in [2.24, 2.45) is 10.7 Å². The summed E-state index contributed by atoms with van der Waals surface area (Å²) in [5.41, 5.74) is 7.87. The van der Waals surface area contributed by atoms with Crippen LogP contribution < -0.4 is 11.1 Å². The monoisotopic (exact) mass is 284 g/mol. The predicted octanol–water partition coefficient (Wildman–Crippen LogP) is 1.48. The van der Waals surface area contributed by atoms with Crippen LogP contribution in [0.1, 0.15) is 11.3 Å². The number of nitrogens with two attached hydrogens (primary N) is 1. The normalized spacial score (nSPS) is 11.3. The molecule has 5 nitrogen and oxygen atoms in total. The average Bonchev–Trinajstić information content (AvgIpc) is 2.48. The third-order valence-electron chi connectivity index (χ3n) is 3.01. The first-order valence-electron chi connectivity index (χ1n) is 6.95. The zero-order chi connectivity index (χ0) is 14.9. The summed E-state index contributed by atoms with van der Waals surface area (Å²) in [6.07, 6.45) is 3.33. The van der Waals surface area contributed by atoms with E-state index in [-0.39, 0.29) is 5.75 Å². The fourth-order valence-electron chi connectivity index (χ4n) is 1.94. The molecule has 4 N–H and O–H groups in total. The van der Waals surface area contributed by atoms with Gasteiger partial charge < -0.3 is 16.2 Å². The number of aromatic hydroxyl groups is 1. The zero-order valence-electron chi connectivity index (χ0n) is 11.9. The van der Waals surface area contributed by atoms with E-state index in [2.05, 4.69) is 15.3 Å². The molecule has 0 unspecified atom stereocenters. The summed E-state index contributed by atoms with van der Waals surface area (Å²) in [5, 5.41) is 12.4. The Bertz CT molecular complexity index is 584. The molecule has 0 saturated carbocycles. The van der Waals surface area contributed by atoms with Crippen LogP contribution in [0.4, 0.5) is 0 Å². The highest BCUT2D eigenvalue weighted by Crippen LogP contribution is 2.10. The van der Waals surface area contributed by atoms with Crippen molar-refractivity contribution in [3.8, 4) is 5.75 Å². The maximum absolute atomic E-state index is 9.37. The van der Waals surface area contributed by atoms with Crippen molar-refractivity contribution in [3.63, 3.8) is 0 Å². The molecular formula is C16H20N4O. The van der Waals surface area contributed by atoms with Crippen LogP contribution >= 0.6 is 0 Å². The highest BCUT2D eigenvalue weighted by Gasteiger charge is 1.96. The topological polar surface area (TPSA) is 83.5 Å². The number of phenolic OH excluding ortho intramolecular Hbond substituents is 1. The van der Waals surface area contributed by atoms with Gasteiger partial charge in [0.2, 0.25) is 0 Å². The van der Waals surface area contributed by atoms with Gasteiger partial charge in [-0.1, -0.05) is 18.2 Å². The van der Waals surface area contributed by atoms with Gasteiger partial charge in [-0.15, -0.1) is 0 Å². The van der Waals surface area contributed by atoms with E-state index < -0.39 is 0 Å². The Morgan fingerprint density at radius 3 is 2.86 bits per heavy atom. The second-order valence-corrected chi connectivity index (χ2v) is 4.68. The van der Waals surface area contributed by atoms with Gasteiger partial charge in [-0.2, -0.15) is 0 Å². The smallest absolute Gasteiger partial charge is 0.188 e. The van der Waals surface area contributed by atoms with E-state index in [9.17, 15) is 5.11 Å². The van der Waals surface area contributed by atoms with Crippen molar-refractivity contribution in [1.82, 2.24) is 10.3 Å². The first-order chi connectivity index (χ1) is 10.2. The molecule has 0 aliphatic carbocycles. The number of aromatic nitrogens is 1. The minimum absolute atomic E-state index is 0.282. The minimum Gasteiger partial charge on any atom is -0.508 e. The number of guanidine groups is 1. The largest absolute Gasteiger partial charge is 0.508 e. The Balaban J connectivity index is 1.69. The van der Waals surface area contributed by atoms with Gasteiger partial charge in [0.1, 0.15) is 5.75 Å². The Labute approximate surface area is 124 Å². The number of rotatable bonds is 6. The van der Waals surface area contributed by atoms with Gasteiger partial charge >= 0.3 is 0 Å². The fraction of sp³-hybridized carbons (Fsp3) is 0.250. The molecule has 0 atom stereocenters. The van der Waals surface area contributed by atoms with Crippen LogP contribution in [0.15, 0.2) is 53.7 Å². The first kappa shape index (κ1) is 14.8. The van der Waals surface area contributed by atoms with Crippen LogP contribution in [0.2, 0.25) is 0 Å². The van der Waals surface area contributed by atoms with Gasteiger partial charge in [0.05, 0.1) is 0 Å². The van der Waals surface area contributed by atoms with Crippen molar-refractivity contribution in [2.45, 2.75) is 12.8 Å². The van der Waals surface area contributed by atoms with Crippen molar-refractivity contribution in [1.29, 1.82) is 0 Å². The van der Waals surface area contributed by atoms with Crippen LogP contribution in [-0.2, 0) is 12.8 Å². The number of nitrogens with zero attached hydrogens (tertiary/aromatic N) is 2.